The second-order valence-electron chi connectivity index (χ2n) is 2.93. The Kier molecular flexibility index (Phi) is 3.66. The average molecular weight is 226 g/mol. The average Bonchev–Trinajstić information content (AvgIpc) is 2.08. The van der Waals surface area contributed by atoms with Crippen molar-refractivity contribution in [3.63, 3.8) is 0 Å². The molecule has 1 rings (SSSR count). The molecule has 0 saturated carbocycles. The molecule has 0 spiro atoms. The molecule has 1 aliphatic rings. The molecule has 1 fully saturated rings. The summed E-state index contributed by atoms with van der Waals surface area (Å²) in [5, 5.41) is 0. The maximum atomic E-state index is 6.03. The monoisotopic (exact) mass is 225 g/mol. The zero-order valence-electron chi connectivity index (χ0n) is 7.21. The molecule has 0 bridgehead atoms. The van der Waals surface area contributed by atoms with Crippen molar-refractivity contribution in [2.45, 2.75) is 0 Å². The minimum atomic E-state index is -0.258. The van der Waals surface area contributed by atoms with Gasteiger partial charge in [-0.25, -0.2) is 0 Å². The highest BCUT2D eigenvalue weighted by Crippen LogP contribution is 2.20. The van der Waals surface area contributed by atoms with Gasteiger partial charge in [-0.05, 0) is 21.1 Å². The Morgan fingerprint density at radius 2 is 0.833 bits per heavy atom. The molecule has 0 aromatic rings. The van der Waals surface area contributed by atoms with Gasteiger partial charge >= 0.3 is 19.2 Å². The fourth-order valence-corrected chi connectivity index (χ4v) is 1.98. The van der Waals surface area contributed by atoms with Crippen molar-refractivity contribution in [2.24, 2.45) is 0 Å². The quantitative estimate of drug-likeness (QED) is 0.555. The van der Waals surface area contributed by atoms with Gasteiger partial charge in [-0.3, -0.25) is 0 Å². The molecule has 0 unspecified atom stereocenters. The van der Waals surface area contributed by atoms with Crippen molar-refractivity contribution >= 4 is 53.6 Å². The lowest BCUT2D eigenvalue weighted by Gasteiger charge is -2.42. The fraction of sp³-hybridized carbons (Fsp3) is 1.00. The summed E-state index contributed by atoms with van der Waals surface area (Å²) in [6, 6.07) is 0. The van der Waals surface area contributed by atoms with Gasteiger partial charge in [-0.1, -0.05) is 0 Å². The van der Waals surface area contributed by atoms with Gasteiger partial charge in [0.25, 0.3) is 0 Å². The minimum Gasteiger partial charge on any atom is -0.331 e. The van der Waals surface area contributed by atoms with Crippen molar-refractivity contribution in [1.82, 2.24) is 14.2 Å². The Bertz CT molecular complexity index is 116. The van der Waals surface area contributed by atoms with Gasteiger partial charge in [0.2, 0.25) is 0 Å². The molecular weight excluding hydrogens is 217 g/mol. The molecule has 66 valence electrons. The third kappa shape index (κ3) is 1.74. The Labute approximate surface area is 89.0 Å². The summed E-state index contributed by atoms with van der Waals surface area (Å²) in [7, 11) is 5.56. The van der Waals surface area contributed by atoms with E-state index < -0.39 is 0 Å². The SMILES string of the molecule is CN1B(Cl)N(C)B(Cl)N(C)B1Cl. The van der Waals surface area contributed by atoms with Crippen LogP contribution in [0.1, 0.15) is 0 Å². The third-order valence-corrected chi connectivity index (χ3v) is 3.86. The highest BCUT2D eigenvalue weighted by molar-refractivity contribution is 7.25. The summed E-state index contributed by atoms with van der Waals surface area (Å²) in [5.41, 5.74) is 0. The van der Waals surface area contributed by atoms with Crippen molar-refractivity contribution in [3.05, 3.63) is 0 Å². The molecule has 1 aliphatic heterocycles. The van der Waals surface area contributed by atoms with Gasteiger partial charge in [-0.2, -0.15) is 34.4 Å². The van der Waals surface area contributed by atoms with Crippen LogP contribution in [0.3, 0.4) is 0 Å². The first kappa shape index (κ1) is 11.0. The molecule has 1 heterocycles. The van der Waals surface area contributed by atoms with Crippen LogP contribution in [-0.4, -0.2) is 54.5 Å². The standard InChI is InChI=1S/C3H9B3Cl3N3/c1-10-4(7)11(2)6(9)12(3)5(10)8/h1-3H3. The van der Waals surface area contributed by atoms with E-state index in [2.05, 4.69) is 0 Å². The lowest BCUT2D eigenvalue weighted by atomic mass is 9.73. The first-order valence-electron chi connectivity index (χ1n) is 3.55. The molecule has 0 radical (unpaired) electrons. The predicted octanol–water partition coefficient (Wildman–Crippen LogP) is 0.466. The van der Waals surface area contributed by atoms with Gasteiger partial charge in [-0.15, -0.1) is 0 Å². The van der Waals surface area contributed by atoms with Crippen molar-refractivity contribution < 1.29 is 0 Å². The number of hydrogen-bond acceptors (Lipinski definition) is 3. The lowest BCUT2D eigenvalue weighted by Crippen LogP contribution is -2.70. The highest BCUT2D eigenvalue weighted by atomic mass is 35.5. The van der Waals surface area contributed by atoms with Crippen LogP contribution in [0.4, 0.5) is 0 Å². The Balaban J connectivity index is 2.76. The van der Waals surface area contributed by atoms with Crippen LogP contribution in [0.2, 0.25) is 0 Å². The Morgan fingerprint density at radius 1 is 0.667 bits per heavy atom. The molecule has 9 heteroatoms. The summed E-state index contributed by atoms with van der Waals surface area (Å²) in [4.78, 5) is 0. The van der Waals surface area contributed by atoms with Crippen LogP contribution in [0.25, 0.3) is 0 Å². The fourth-order valence-electron chi connectivity index (χ4n) is 1.17. The van der Waals surface area contributed by atoms with Gasteiger partial charge in [0.05, 0.1) is 0 Å². The number of nitrogens with zero attached hydrogens (tertiary/aromatic N) is 3. The summed E-state index contributed by atoms with van der Waals surface area (Å²) in [6.45, 7) is 0. The van der Waals surface area contributed by atoms with Crippen LogP contribution in [0.5, 0.6) is 0 Å². The van der Waals surface area contributed by atoms with E-state index in [1.165, 1.54) is 0 Å². The zero-order chi connectivity index (χ0) is 9.46. The molecule has 12 heavy (non-hydrogen) atoms. The van der Waals surface area contributed by atoms with Gasteiger partial charge in [0, 0.05) is 0 Å². The third-order valence-electron chi connectivity index (χ3n) is 2.02. The Morgan fingerprint density at radius 3 is 1.00 bits per heavy atom. The van der Waals surface area contributed by atoms with Gasteiger partial charge in [0.1, 0.15) is 0 Å². The second-order valence-corrected chi connectivity index (χ2v) is 4.10. The van der Waals surface area contributed by atoms with E-state index in [4.69, 9.17) is 34.4 Å². The van der Waals surface area contributed by atoms with Crippen LogP contribution in [0.15, 0.2) is 0 Å². The van der Waals surface area contributed by atoms with E-state index in [0.29, 0.717) is 0 Å². The van der Waals surface area contributed by atoms with E-state index in [1.54, 1.807) is 0 Å². The van der Waals surface area contributed by atoms with Crippen LogP contribution in [0, 0.1) is 0 Å². The van der Waals surface area contributed by atoms with E-state index in [-0.39, 0.29) is 19.2 Å². The lowest BCUT2D eigenvalue weighted by molar-refractivity contribution is 0.578. The van der Waals surface area contributed by atoms with E-state index in [1.807, 2.05) is 35.3 Å². The van der Waals surface area contributed by atoms with Gasteiger partial charge in [0.15, 0.2) is 0 Å². The Hall–Kier alpha value is 0.945. The largest absolute Gasteiger partial charge is 0.400 e. The minimum absolute atomic E-state index is 0.258. The summed E-state index contributed by atoms with van der Waals surface area (Å²) in [6.07, 6.45) is -0.774. The maximum absolute atomic E-state index is 6.03. The molecule has 0 N–H and O–H groups in total. The van der Waals surface area contributed by atoms with Crippen molar-refractivity contribution in [2.75, 3.05) is 21.1 Å². The summed E-state index contributed by atoms with van der Waals surface area (Å²) in [5.74, 6) is 0. The first-order valence-corrected chi connectivity index (χ1v) is 4.85. The summed E-state index contributed by atoms with van der Waals surface area (Å²) >= 11 is 18.1. The molecule has 0 atom stereocenters. The smallest absolute Gasteiger partial charge is 0.331 e. The van der Waals surface area contributed by atoms with Crippen molar-refractivity contribution in [1.29, 1.82) is 0 Å². The molecule has 3 nitrogen and oxygen atoms in total. The second kappa shape index (κ2) is 3.99. The zero-order valence-corrected chi connectivity index (χ0v) is 9.48. The number of rotatable bonds is 0. The summed E-state index contributed by atoms with van der Waals surface area (Å²) < 4.78 is 5.46. The van der Waals surface area contributed by atoms with E-state index in [0.717, 1.165) is 0 Å². The van der Waals surface area contributed by atoms with Gasteiger partial charge < -0.3 is 14.2 Å². The number of hydrogen-bond donors (Lipinski definition) is 0. The maximum Gasteiger partial charge on any atom is 0.400 e. The predicted molar refractivity (Wildman–Crippen MR) is 58.1 cm³/mol. The topological polar surface area (TPSA) is 9.72 Å². The molecule has 1 saturated heterocycles. The van der Waals surface area contributed by atoms with Crippen LogP contribution >= 0.6 is 34.4 Å². The van der Waals surface area contributed by atoms with E-state index >= 15 is 0 Å². The molecule has 0 aromatic heterocycles. The highest BCUT2D eigenvalue weighted by Gasteiger charge is 2.47. The van der Waals surface area contributed by atoms with E-state index in [9.17, 15) is 0 Å². The van der Waals surface area contributed by atoms with Crippen LogP contribution in [-0.2, 0) is 0 Å². The first-order chi connectivity index (χ1) is 5.46. The molecular formula is C3H9B3Cl3N3. The van der Waals surface area contributed by atoms with Crippen LogP contribution < -0.4 is 0 Å². The normalized spacial score (nSPS) is 24.0. The molecule has 0 aliphatic carbocycles. The molecule has 0 amide bonds. The molecule has 0 aromatic carbocycles. The number of halogens is 3. The van der Waals surface area contributed by atoms with Crippen molar-refractivity contribution in [3.8, 4) is 0 Å².